The maximum absolute atomic E-state index is 12.2. The van der Waals surface area contributed by atoms with Crippen LogP contribution in [-0.2, 0) is 4.79 Å². The quantitative estimate of drug-likeness (QED) is 0.495. The molecule has 5 heteroatoms. The molecule has 0 aliphatic carbocycles. The Kier molecular flexibility index (Phi) is 4.71. The lowest BCUT2D eigenvalue weighted by molar-refractivity contribution is -0.113. The number of thioether (sulfide) groups is 1. The Hall–Kier alpha value is -3.05. The minimum absolute atomic E-state index is 0.0272. The van der Waals surface area contributed by atoms with Gasteiger partial charge in [0.25, 0.3) is 0 Å². The zero-order valence-corrected chi connectivity index (χ0v) is 14.8. The van der Waals surface area contributed by atoms with E-state index in [1.807, 2.05) is 78.9 Å². The van der Waals surface area contributed by atoms with Gasteiger partial charge in [-0.2, -0.15) is 0 Å². The topological polar surface area (TPSA) is 57.8 Å². The van der Waals surface area contributed by atoms with E-state index < -0.39 is 0 Å². The number of anilines is 1. The van der Waals surface area contributed by atoms with Crippen LogP contribution in [0.2, 0.25) is 0 Å². The van der Waals surface area contributed by atoms with Crippen molar-refractivity contribution in [2.75, 3.05) is 11.1 Å². The van der Waals surface area contributed by atoms with Gasteiger partial charge >= 0.3 is 0 Å². The molecule has 1 heterocycles. The molecule has 0 unspecified atom stereocenters. The molecular formula is C21H17N3OS. The lowest BCUT2D eigenvalue weighted by Gasteiger charge is -2.06. The molecule has 3 aromatic carbocycles. The summed E-state index contributed by atoms with van der Waals surface area (Å²) in [6.07, 6.45) is 0. The van der Waals surface area contributed by atoms with Gasteiger partial charge in [0.15, 0.2) is 0 Å². The van der Waals surface area contributed by atoms with Crippen molar-refractivity contribution in [3.05, 3.63) is 78.9 Å². The fraction of sp³-hybridized carbons (Fsp3) is 0.0476. The highest BCUT2D eigenvalue weighted by atomic mass is 32.2. The summed E-state index contributed by atoms with van der Waals surface area (Å²) in [5.74, 6) is 1.14. The highest BCUT2D eigenvalue weighted by Crippen LogP contribution is 2.23. The summed E-state index contributed by atoms with van der Waals surface area (Å²) >= 11 is 1.52. The summed E-state index contributed by atoms with van der Waals surface area (Å²) in [4.78, 5) is 21.2. The molecule has 26 heavy (non-hydrogen) atoms. The van der Waals surface area contributed by atoms with E-state index in [2.05, 4.69) is 15.3 Å². The number of imidazole rings is 1. The fourth-order valence-electron chi connectivity index (χ4n) is 2.70. The zero-order valence-electron chi connectivity index (χ0n) is 14.0. The lowest BCUT2D eigenvalue weighted by Crippen LogP contribution is -2.13. The van der Waals surface area contributed by atoms with E-state index in [1.165, 1.54) is 11.8 Å². The van der Waals surface area contributed by atoms with Gasteiger partial charge in [-0.3, -0.25) is 4.79 Å². The number of hydrogen-bond acceptors (Lipinski definition) is 3. The van der Waals surface area contributed by atoms with E-state index >= 15 is 0 Å². The van der Waals surface area contributed by atoms with Gasteiger partial charge in [0, 0.05) is 16.1 Å². The smallest absolute Gasteiger partial charge is 0.234 e. The molecule has 0 bridgehead atoms. The van der Waals surface area contributed by atoms with Crippen LogP contribution in [0.15, 0.2) is 83.8 Å². The number of para-hydroxylation sites is 2. The number of carbonyl (C=O) groups is 1. The highest BCUT2D eigenvalue weighted by molar-refractivity contribution is 8.00. The first kappa shape index (κ1) is 16.4. The molecule has 0 radical (unpaired) electrons. The predicted molar refractivity (Wildman–Crippen MR) is 107 cm³/mol. The van der Waals surface area contributed by atoms with Crippen LogP contribution in [0.1, 0.15) is 0 Å². The number of rotatable bonds is 5. The molecule has 0 saturated carbocycles. The third-order valence-corrected chi connectivity index (χ3v) is 4.93. The first-order valence-corrected chi connectivity index (χ1v) is 9.29. The second-order valence-corrected chi connectivity index (χ2v) is 6.88. The molecule has 2 N–H and O–H groups in total. The van der Waals surface area contributed by atoms with Gasteiger partial charge in [-0.15, -0.1) is 11.8 Å². The van der Waals surface area contributed by atoms with Crippen LogP contribution in [0.5, 0.6) is 0 Å². The summed E-state index contributed by atoms with van der Waals surface area (Å²) in [6, 6.07) is 25.5. The minimum atomic E-state index is -0.0272. The molecule has 128 valence electrons. The number of nitrogens with one attached hydrogen (secondary N) is 2. The van der Waals surface area contributed by atoms with Gasteiger partial charge in [0.2, 0.25) is 5.91 Å². The van der Waals surface area contributed by atoms with Gasteiger partial charge in [-0.25, -0.2) is 4.98 Å². The first-order valence-electron chi connectivity index (χ1n) is 8.31. The first-order chi connectivity index (χ1) is 12.8. The number of benzene rings is 3. The van der Waals surface area contributed by atoms with Crippen LogP contribution in [-0.4, -0.2) is 21.6 Å². The number of carbonyl (C=O) groups excluding carboxylic acids is 1. The molecule has 1 aromatic heterocycles. The monoisotopic (exact) mass is 359 g/mol. The van der Waals surface area contributed by atoms with Crippen LogP contribution in [0.4, 0.5) is 5.69 Å². The van der Waals surface area contributed by atoms with Crippen molar-refractivity contribution in [3.8, 4) is 11.4 Å². The molecule has 0 fully saturated rings. The molecule has 0 atom stereocenters. The molecule has 4 rings (SSSR count). The van der Waals surface area contributed by atoms with Crippen LogP contribution >= 0.6 is 11.8 Å². The van der Waals surface area contributed by atoms with E-state index in [-0.39, 0.29) is 5.91 Å². The van der Waals surface area contributed by atoms with Crippen molar-refractivity contribution < 1.29 is 4.79 Å². The van der Waals surface area contributed by atoms with Crippen LogP contribution in [0.25, 0.3) is 22.4 Å². The van der Waals surface area contributed by atoms with Crippen molar-refractivity contribution in [2.45, 2.75) is 4.90 Å². The molecule has 0 spiro atoms. The summed E-state index contributed by atoms with van der Waals surface area (Å²) in [5, 5.41) is 2.95. The summed E-state index contributed by atoms with van der Waals surface area (Å²) in [7, 11) is 0. The molecule has 0 aliphatic rings. The van der Waals surface area contributed by atoms with Crippen LogP contribution in [0.3, 0.4) is 0 Å². The number of fused-ring (bicyclic) bond motifs is 1. The molecule has 4 aromatic rings. The van der Waals surface area contributed by atoms with Gasteiger partial charge in [0.1, 0.15) is 5.82 Å². The second-order valence-electron chi connectivity index (χ2n) is 5.83. The van der Waals surface area contributed by atoms with Gasteiger partial charge in [-0.1, -0.05) is 42.5 Å². The Labute approximate surface area is 155 Å². The number of aromatic nitrogens is 2. The number of H-pyrrole nitrogens is 1. The van der Waals surface area contributed by atoms with Crippen molar-refractivity contribution in [1.29, 1.82) is 0 Å². The minimum Gasteiger partial charge on any atom is -0.338 e. The number of nitrogens with zero attached hydrogens (tertiary/aromatic N) is 1. The Morgan fingerprint density at radius 2 is 1.77 bits per heavy atom. The number of hydrogen-bond donors (Lipinski definition) is 2. The fourth-order valence-corrected chi connectivity index (χ4v) is 3.42. The molecule has 0 aliphatic heterocycles. The summed E-state index contributed by atoms with van der Waals surface area (Å²) in [5.41, 5.74) is 3.63. The Balaban J connectivity index is 1.46. The van der Waals surface area contributed by atoms with Gasteiger partial charge < -0.3 is 10.3 Å². The molecule has 4 nitrogen and oxygen atoms in total. The van der Waals surface area contributed by atoms with Crippen LogP contribution in [0, 0.1) is 0 Å². The van der Waals surface area contributed by atoms with E-state index in [4.69, 9.17) is 0 Å². The standard InChI is InChI=1S/C21H17N3OS/c25-20(14-26-17-9-2-1-3-10-17)22-16-8-6-7-15(13-16)21-23-18-11-4-5-12-19(18)24-21/h1-13H,14H2,(H,22,25)(H,23,24). The summed E-state index contributed by atoms with van der Waals surface area (Å²) in [6.45, 7) is 0. The Morgan fingerprint density at radius 3 is 2.62 bits per heavy atom. The maximum Gasteiger partial charge on any atom is 0.234 e. The van der Waals surface area contributed by atoms with E-state index in [1.54, 1.807) is 0 Å². The van der Waals surface area contributed by atoms with Crippen molar-refractivity contribution in [3.63, 3.8) is 0 Å². The average Bonchev–Trinajstić information content (AvgIpc) is 3.12. The number of amides is 1. The molecular weight excluding hydrogens is 342 g/mol. The summed E-state index contributed by atoms with van der Waals surface area (Å²) < 4.78 is 0. The Bertz CT molecular complexity index is 1010. The third-order valence-electron chi connectivity index (χ3n) is 3.92. The highest BCUT2D eigenvalue weighted by Gasteiger charge is 2.08. The SMILES string of the molecule is O=C(CSc1ccccc1)Nc1cccc(-c2nc3ccccc3[nH]2)c1. The van der Waals surface area contributed by atoms with Gasteiger partial charge in [-0.05, 0) is 36.4 Å². The largest absolute Gasteiger partial charge is 0.338 e. The number of aromatic amines is 1. The molecule has 1 amide bonds. The lowest BCUT2D eigenvalue weighted by atomic mass is 10.2. The Morgan fingerprint density at radius 1 is 0.962 bits per heavy atom. The van der Waals surface area contributed by atoms with E-state index in [0.29, 0.717) is 5.75 Å². The third kappa shape index (κ3) is 3.78. The van der Waals surface area contributed by atoms with Crippen molar-refractivity contribution in [2.24, 2.45) is 0 Å². The van der Waals surface area contributed by atoms with E-state index in [0.717, 1.165) is 33.0 Å². The van der Waals surface area contributed by atoms with Crippen LogP contribution < -0.4 is 5.32 Å². The van der Waals surface area contributed by atoms with Crippen molar-refractivity contribution in [1.82, 2.24) is 9.97 Å². The predicted octanol–water partition coefficient (Wildman–Crippen LogP) is 4.96. The second kappa shape index (κ2) is 7.45. The maximum atomic E-state index is 12.2. The zero-order chi connectivity index (χ0) is 17.8. The van der Waals surface area contributed by atoms with Gasteiger partial charge in [0.05, 0.1) is 16.8 Å². The van der Waals surface area contributed by atoms with E-state index in [9.17, 15) is 4.79 Å². The van der Waals surface area contributed by atoms with Crippen molar-refractivity contribution >= 4 is 34.4 Å². The average molecular weight is 359 g/mol. The normalized spacial score (nSPS) is 10.8. The molecule has 0 saturated heterocycles.